The van der Waals surface area contributed by atoms with Crippen LogP contribution in [-0.4, -0.2) is 52.1 Å². The predicted octanol–water partition coefficient (Wildman–Crippen LogP) is 1.93. The Bertz CT molecular complexity index is 832. The Morgan fingerprint density at radius 1 is 1.10 bits per heavy atom. The van der Waals surface area contributed by atoms with Crippen LogP contribution in [0.5, 0.6) is 0 Å². The second-order valence-corrected chi connectivity index (χ2v) is 8.72. The summed E-state index contributed by atoms with van der Waals surface area (Å²) in [6.45, 7) is 1.97. The van der Waals surface area contributed by atoms with Crippen molar-refractivity contribution in [2.75, 3.05) is 25.1 Å². The summed E-state index contributed by atoms with van der Waals surface area (Å²) in [4.78, 5) is 11.6. The van der Waals surface area contributed by atoms with Crippen LogP contribution in [0.15, 0.2) is 24.8 Å². The maximum Gasteiger partial charge on any atom is 0.132 e. The summed E-state index contributed by atoms with van der Waals surface area (Å²) in [7, 11) is 3.80. The number of aromatic nitrogens is 4. The van der Waals surface area contributed by atoms with Gasteiger partial charge in [0.25, 0.3) is 0 Å². The Balaban J connectivity index is 1.32. The highest BCUT2D eigenvalue weighted by Crippen LogP contribution is 2.43. The molecule has 2 saturated heterocycles. The number of rotatable bonds is 4. The van der Waals surface area contributed by atoms with Crippen molar-refractivity contribution in [1.82, 2.24) is 30.6 Å². The third-order valence-corrected chi connectivity index (χ3v) is 7.04. The van der Waals surface area contributed by atoms with Gasteiger partial charge >= 0.3 is 0 Å². The van der Waals surface area contributed by atoms with E-state index in [1.54, 1.807) is 13.4 Å². The van der Waals surface area contributed by atoms with Crippen LogP contribution in [-0.2, 0) is 11.8 Å². The molecule has 156 valence electrons. The number of nitrogens with one attached hydrogen (secondary N) is 2. The molecule has 4 atom stereocenters. The van der Waals surface area contributed by atoms with E-state index in [9.17, 15) is 0 Å². The summed E-state index contributed by atoms with van der Waals surface area (Å²) < 4.78 is 7.41. The molecule has 0 aromatic carbocycles. The summed E-state index contributed by atoms with van der Waals surface area (Å²) in [6.07, 6.45) is 11.9. The number of piperidine rings is 1. The van der Waals surface area contributed by atoms with E-state index in [-0.39, 0.29) is 6.04 Å². The average molecular weight is 398 g/mol. The normalized spacial score (nSPS) is 30.5. The molecule has 2 aromatic heterocycles. The minimum absolute atomic E-state index is 0.220. The molecule has 4 unspecified atom stereocenters. The lowest BCUT2D eigenvalue weighted by Gasteiger charge is -2.33. The number of fused-ring (bicyclic) bond motifs is 1. The third-order valence-electron chi connectivity index (χ3n) is 7.04. The van der Waals surface area contributed by atoms with Gasteiger partial charge in [-0.15, -0.1) is 0 Å². The van der Waals surface area contributed by atoms with E-state index < -0.39 is 0 Å². The highest BCUT2D eigenvalue weighted by molar-refractivity contribution is 5.40. The zero-order valence-corrected chi connectivity index (χ0v) is 17.3. The van der Waals surface area contributed by atoms with Crippen LogP contribution in [0.1, 0.15) is 55.3 Å². The largest absolute Gasteiger partial charge is 0.381 e. The SMILES string of the molecule is COC1CCN(c2cc(C3NNC4CCC(c5cnn(C)c5)CC43)ncn2)CC1. The topological polar surface area (TPSA) is 80.1 Å². The molecule has 2 aromatic rings. The van der Waals surface area contributed by atoms with Gasteiger partial charge in [-0.2, -0.15) is 5.10 Å². The minimum Gasteiger partial charge on any atom is -0.381 e. The molecule has 0 spiro atoms. The highest BCUT2D eigenvalue weighted by Gasteiger charge is 2.42. The molecule has 2 N–H and O–H groups in total. The van der Waals surface area contributed by atoms with E-state index in [4.69, 9.17) is 4.74 Å². The lowest BCUT2D eigenvalue weighted by Crippen LogP contribution is -2.37. The van der Waals surface area contributed by atoms with E-state index in [1.807, 2.05) is 17.9 Å². The first-order valence-corrected chi connectivity index (χ1v) is 10.8. The standard InChI is InChI=1S/C21H31N7O/c1-27-12-15(11-24-27)14-3-4-18-17(9-14)21(26-25-18)19-10-20(23-13-22-19)28-7-5-16(29-2)6-8-28/h10-14,16-18,21,25-26H,3-9H2,1-2H3. The second kappa shape index (κ2) is 8.01. The van der Waals surface area contributed by atoms with E-state index in [1.165, 1.54) is 18.4 Å². The van der Waals surface area contributed by atoms with Crippen molar-refractivity contribution in [3.8, 4) is 0 Å². The van der Waals surface area contributed by atoms with Gasteiger partial charge in [-0.3, -0.25) is 10.1 Å². The van der Waals surface area contributed by atoms with Crippen molar-refractivity contribution in [1.29, 1.82) is 0 Å². The van der Waals surface area contributed by atoms with Crippen molar-refractivity contribution < 1.29 is 4.74 Å². The Labute approximate surface area is 172 Å². The van der Waals surface area contributed by atoms with Gasteiger partial charge in [-0.05, 0) is 49.5 Å². The summed E-state index contributed by atoms with van der Waals surface area (Å²) in [5, 5.41) is 4.38. The van der Waals surface area contributed by atoms with Crippen LogP contribution >= 0.6 is 0 Å². The maximum atomic E-state index is 5.50. The number of hydrazine groups is 1. The first-order valence-electron chi connectivity index (χ1n) is 10.8. The number of hydrogen-bond acceptors (Lipinski definition) is 7. The zero-order valence-electron chi connectivity index (χ0n) is 17.3. The summed E-state index contributed by atoms with van der Waals surface area (Å²) in [5.74, 6) is 2.13. The monoisotopic (exact) mass is 397 g/mol. The summed E-state index contributed by atoms with van der Waals surface area (Å²) in [5.41, 5.74) is 9.53. The fourth-order valence-electron chi connectivity index (χ4n) is 5.33. The van der Waals surface area contributed by atoms with Gasteiger partial charge in [-0.1, -0.05) is 0 Å². The third kappa shape index (κ3) is 3.76. The Kier molecular flexibility index (Phi) is 5.24. The number of aryl methyl sites for hydroxylation is 1. The Morgan fingerprint density at radius 2 is 1.97 bits per heavy atom. The van der Waals surface area contributed by atoms with Gasteiger partial charge in [0.05, 0.1) is 24.0 Å². The van der Waals surface area contributed by atoms with Crippen LogP contribution < -0.4 is 15.8 Å². The van der Waals surface area contributed by atoms with E-state index in [0.29, 0.717) is 24.0 Å². The molecule has 0 amide bonds. The molecule has 3 aliphatic rings. The molecule has 8 heteroatoms. The van der Waals surface area contributed by atoms with Crippen molar-refractivity contribution in [3.63, 3.8) is 0 Å². The van der Waals surface area contributed by atoms with Crippen molar-refractivity contribution >= 4 is 5.82 Å². The van der Waals surface area contributed by atoms with Gasteiger partial charge in [0, 0.05) is 45.6 Å². The van der Waals surface area contributed by atoms with Gasteiger partial charge < -0.3 is 9.64 Å². The lowest BCUT2D eigenvalue weighted by molar-refractivity contribution is 0.0818. The van der Waals surface area contributed by atoms with Gasteiger partial charge in [0.1, 0.15) is 12.1 Å². The predicted molar refractivity (Wildman–Crippen MR) is 110 cm³/mol. The van der Waals surface area contributed by atoms with Gasteiger partial charge in [-0.25, -0.2) is 15.4 Å². The van der Waals surface area contributed by atoms with E-state index in [2.05, 4.69) is 43.1 Å². The summed E-state index contributed by atoms with van der Waals surface area (Å²) in [6, 6.07) is 2.91. The highest BCUT2D eigenvalue weighted by atomic mass is 16.5. The first-order chi connectivity index (χ1) is 14.2. The van der Waals surface area contributed by atoms with Crippen LogP contribution in [0.2, 0.25) is 0 Å². The maximum absolute atomic E-state index is 5.50. The Hall–Kier alpha value is -2.03. The molecule has 29 heavy (non-hydrogen) atoms. The molecule has 0 bridgehead atoms. The van der Waals surface area contributed by atoms with Crippen molar-refractivity contribution in [3.05, 3.63) is 36.0 Å². The quantitative estimate of drug-likeness (QED) is 0.816. The van der Waals surface area contributed by atoms with E-state index in [0.717, 1.165) is 43.9 Å². The fourth-order valence-corrected chi connectivity index (χ4v) is 5.33. The lowest BCUT2D eigenvalue weighted by atomic mass is 9.73. The van der Waals surface area contributed by atoms with Crippen molar-refractivity contribution in [2.24, 2.45) is 13.0 Å². The number of methoxy groups -OCH3 is 1. The number of ether oxygens (including phenoxy) is 1. The van der Waals surface area contributed by atoms with Crippen LogP contribution in [0.3, 0.4) is 0 Å². The molecule has 5 rings (SSSR count). The second-order valence-electron chi connectivity index (χ2n) is 8.72. The molecule has 1 aliphatic carbocycles. The molecule has 8 nitrogen and oxygen atoms in total. The average Bonchev–Trinajstić information content (AvgIpc) is 3.39. The fraction of sp³-hybridized carbons (Fsp3) is 0.667. The van der Waals surface area contributed by atoms with E-state index >= 15 is 0 Å². The van der Waals surface area contributed by atoms with Gasteiger partial charge in [0.15, 0.2) is 0 Å². The molecule has 4 heterocycles. The van der Waals surface area contributed by atoms with Crippen molar-refractivity contribution in [2.45, 2.75) is 56.2 Å². The van der Waals surface area contributed by atoms with Crippen LogP contribution in [0.4, 0.5) is 5.82 Å². The molecular weight excluding hydrogens is 366 g/mol. The molecule has 2 aliphatic heterocycles. The van der Waals surface area contributed by atoms with Crippen LogP contribution in [0.25, 0.3) is 0 Å². The smallest absolute Gasteiger partial charge is 0.132 e. The summed E-state index contributed by atoms with van der Waals surface area (Å²) >= 11 is 0. The Morgan fingerprint density at radius 3 is 2.72 bits per heavy atom. The number of hydrogen-bond donors (Lipinski definition) is 2. The van der Waals surface area contributed by atoms with Gasteiger partial charge in [0.2, 0.25) is 0 Å². The first kappa shape index (κ1) is 19.0. The minimum atomic E-state index is 0.220. The number of nitrogens with zero attached hydrogens (tertiary/aromatic N) is 5. The number of anilines is 1. The zero-order chi connectivity index (χ0) is 19.8. The molecule has 3 fully saturated rings. The molecule has 0 radical (unpaired) electrons. The molecule has 1 saturated carbocycles. The molecular formula is C21H31N7O. The van der Waals surface area contributed by atoms with Crippen LogP contribution in [0, 0.1) is 5.92 Å².